The molecule has 4 aromatic rings. The van der Waals surface area contributed by atoms with Gasteiger partial charge in [-0.3, -0.25) is 4.79 Å². The number of aromatic nitrogens is 4. The molecule has 6 nitrogen and oxygen atoms in total. The van der Waals surface area contributed by atoms with Gasteiger partial charge in [0.05, 0.1) is 32.9 Å². The number of hydrogen-bond donors (Lipinski definition) is 1. The second-order valence-electron chi connectivity index (χ2n) is 6.68. The topological polar surface area (TPSA) is 72.7 Å². The van der Waals surface area contributed by atoms with Gasteiger partial charge in [0.25, 0.3) is 5.91 Å². The van der Waals surface area contributed by atoms with E-state index in [1.165, 1.54) is 39.5 Å². The van der Waals surface area contributed by atoms with Gasteiger partial charge < -0.3 is 5.32 Å². The first kappa shape index (κ1) is 21.2. The molecule has 4 rings (SSSR count). The van der Waals surface area contributed by atoms with Crippen LogP contribution in [0.25, 0.3) is 16.4 Å². The van der Waals surface area contributed by atoms with Crippen molar-refractivity contribution >= 4 is 28.6 Å². The van der Waals surface area contributed by atoms with Crippen molar-refractivity contribution in [3.8, 4) is 16.4 Å². The zero-order chi connectivity index (χ0) is 22.2. The number of carbonyl (C=O) groups is 1. The molecular formula is C20H16F3N5OS2. The van der Waals surface area contributed by atoms with Crippen molar-refractivity contribution in [3.63, 3.8) is 0 Å². The number of rotatable bonds is 5. The summed E-state index contributed by atoms with van der Waals surface area (Å²) in [5.74, 6) is -0.391. The Hall–Kier alpha value is -3.05. The number of amides is 1. The van der Waals surface area contributed by atoms with Crippen LogP contribution in [-0.2, 0) is 6.18 Å². The van der Waals surface area contributed by atoms with E-state index in [0.29, 0.717) is 10.6 Å². The molecule has 0 saturated carbocycles. The highest BCUT2D eigenvalue weighted by Crippen LogP contribution is 2.32. The molecule has 31 heavy (non-hydrogen) atoms. The van der Waals surface area contributed by atoms with Crippen LogP contribution in [-0.4, -0.2) is 25.7 Å². The quantitative estimate of drug-likeness (QED) is 0.438. The van der Waals surface area contributed by atoms with E-state index in [0.717, 1.165) is 17.1 Å². The molecule has 0 radical (unpaired) electrons. The van der Waals surface area contributed by atoms with Crippen molar-refractivity contribution in [2.24, 2.45) is 0 Å². The van der Waals surface area contributed by atoms with Crippen molar-refractivity contribution < 1.29 is 18.0 Å². The van der Waals surface area contributed by atoms with Gasteiger partial charge in [0, 0.05) is 5.38 Å². The highest BCUT2D eigenvalue weighted by Gasteiger charge is 2.31. The lowest BCUT2D eigenvalue weighted by molar-refractivity contribution is -0.137. The first-order valence-electron chi connectivity index (χ1n) is 9.14. The Morgan fingerprint density at radius 2 is 1.97 bits per heavy atom. The van der Waals surface area contributed by atoms with Crippen LogP contribution in [0.15, 0.2) is 47.2 Å². The molecule has 3 aromatic heterocycles. The van der Waals surface area contributed by atoms with Crippen LogP contribution in [0.2, 0.25) is 0 Å². The van der Waals surface area contributed by atoms with Gasteiger partial charge in [0.15, 0.2) is 5.82 Å². The maximum atomic E-state index is 13.2. The van der Waals surface area contributed by atoms with Crippen molar-refractivity contribution in [1.29, 1.82) is 0 Å². The number of thiophene rings is 1. The number of thiazole rings is 1. The van der Waals surface area contributed by atoms with Crippen LogP contribution in [0.3, 0.4) is 0 Å². The standard InChI is InChI=1S/C20H16F3N5OS2/c1-11(15-10-31-12(2)25-15)24-19(29)17-26-18(16-7-4-8-30-16)28(27-17)14-6-3-5-13(9-14)20(21,22)23/h3-11H,1-2H3,(H,24,29). The highest BCUT2D eigenvalue weighted by molar-refractivity contribution is 7.13. The largest absolute Gasteiger partial charge is 0.416 e. The second-order valence-corrected chi connectivity index (χ2v) is 8.69. The molecule has 0 fully saturated rings. The van der Waals surface area contributed by atoms with E-state index >= 15 is 0 Å². The third kappa shape index (κ3) is 4.52. The minimum Gasteiger partial charge on any atom is -0.341 e. The van der Waals surface area contributed by atoms with Crippen LogP contribution >= 0.6 is 22.7 Å². The molecule has 1 amide bonds. The predicted octanol–water partition coefficient (Wildman–Crippen LogP) is 5.27. The Kier molecular flexibility index (Phi) is 5.63. The summed E-state index contributed by atoms with van der Waals surface area (Å²) >= 11 is 2.82. The minimum absolute atomic E-state index is 0.139. The molecule has 0 bridgehead atoms. The molecule has 0 aliphatic carbocycles. The summed E-state index contributed by atoms with van der Waals surface area (Å²) in [6, 6.07) is 7.93. The average molecular weight is 464 g/mol. The van der Waals surface area contributed by atoms with Gasteiger partial charge in [-0.2, -0.15) is 13.2 Å². The number of alkyl halides is 3. The van der Waals surface area contributed by atoms with E-state index in [1.54, 1.807) is 19.1 Å². The monoisotopic (exact) mass is 463 g/mol. The lowest BCUT2D eigenvalue weighted by Crippen LogP contribution is -2.28. The zero-order valence-electron chi connectivity index (χ0n) is 16.3. The van der Waals surface area contributed by atoms with Crippen LogP contribution in [0, 0.1) is 6.92 Å². The molecule has 160 valence electrons. The van der Waals surface area contributed by atoms with Gasteiger partial charge in [0.1, 0.15) is 0 Å². The predicted molar refractivity (Wildman–Crippen MR) is 112 cm³/mol. The molecule has 1 unspecified atom stereocenters. The maximum absolute atomic E-state index is 13.2. The Morgan fingerprint density at radius 3 is 2.61 bits per heavy atom. The smallest absolute Gasteiger partial charge is 0.341 e. The van der Waals surface area contributed by atoms with Crippen LogP contribution < -0.4 is 5.32 Å². The molecule has 0 saturated heterocycles. The van der Waals surface area contributed by atoms with Crippen LogP contribution in [0.5, 0.6) is 0 Å². The summed E-state index contributed by atoms with van der Waals surface area (Å²) in [6.45, 7) is 3.66. The third-order valence-electron chi connectivity index (χ3n) is 4.40. The SMILES string of the molecule is Cc1nc(C(C)NC(=O)c2nc(-c3cccs3)n(-c3cccc(C(F)(F)F)c3)n2)cs1. The molecule has 1 aromatic carbocycles. The van der Waals surface area contributed by atoms with E-state index in [2.05, 4.69) is 20.4 Å². The molecule has 1 N–H and O–H groups in total. The maximum Gasteiger partial charge on any atom is 0.416 e. The number of halogens is 3. The van der Waals surface area contributed by atoms with E-state index in [-0.39, 0.29) is 23.4 Å². The van der Waals surface area contributed by atoms with Crippen LogP contribution in [0.4, 0.5) is 13.2 Å². The number of nitrogens with zero attached hydrogens (tertiary/aromatic N) is 4. The summed E-state index contributed by atoms with van der Waals surface area (Å²) in [4.78, 5) is 22.1. The second kappa shape index (κ2) is 8.23. The number of carbonyl (C=O) groups excluding carboxylic acids is 1. The molecule has 0 aliphatic rings. The fourth-order valence-corrected chi connectivity index (χ4v) is 4.29. The van der Waals surface area contributed by atoms with Crippen molar-refractivity contribution in [3.05, 3.63) is 69.2 Å². The molecule has 3 heterocycles. The van der Waals surface area contributed by atoms with Crippen molar-refractivity contribution in [1.82, 2.24) is 25.1 Å². The Balaban J connectivity index is 1.70. The first-order chi connectivity index (χ1) is 14.7. The highest BCUT2D eigenvalue weighted by atomic mass is 32.1. The molecule has 0 aliphatic heterocycles. The van der Waals surface area contributed by atoms with Crippen molar-refractivity contribution in [2.75, 3.05) is 0 Å². The summed E-state index contributed by atoms with van der Waals surface area (Å²) < 4.78 is 40.8. The van der Waals surface area contributed by atoms with E-state index in [1.807, 2.05) is 17.7 Å². The lowest BCUT2D eigenvalue weighted by Gasteiger charge is -2.10. The lowest BCUT2D eigenvalue weighted by atomic mass is 10.2. The number of benzene rings is 1. The van der Waals surface area contributed by atoms with E-state index in [4.69, 9.17) is 0 Å². The summed E-state index contributed by atoms with van der Waals surface area (Å²) in [6.07, 6.45) is -4.50. The molecule has 1 atom stereocenters. The zero-order valence-corrected chi connectivity index (χ0v) is 18.0. The Bertz CT molecular complexity index is 1210. The van der Waals surface area contributed by atoms with Gasteiger partial charge in [-0.25, -0.2) is 14.6 Å². The van der Waals surface area contributed by atoms with Gasteiger partial charge >= 0.3 is 6.18 Å². The summed E-state index contributed by atoms with van der Waals surface area (Å²) in [5.41, 5.74) is 0.0655. The third-order valence-corrected chi connectivity index (χ3v) is 6.06. The number of hydrogen-bond acceptors (Lipinski definition) is 6. The Morgan fingerprint density at radius 1 is 1.16 bits per heavy atom. The van der Waals surface area contributed by atoms with Crippen molar-refractivity contribution in [2.45, 2.75) is 26.1 Å². The van der Waals surface area contributed by atoms with Gasteiger partial charge in [-0.15, -0.1) is 27.8 Å². The van der Waals surface area contributed by atoms with Crippen LogP contribution in [0.1, 0.15) is 39.8 Å². The number of aryl methyl sites for hydroxylation is 1. The first-order valence-corrected chi connectivity index (χ1v) is 10.9. The average Bonchev–Trinajstić information content (AvgIpc) is 3.47. The fraction of sp³-hybridized carbons (Fsp3) is 0.200. The fourth-order valence-electron chi connectivity index (χ4n) is 2.88. The summed E-state index contributed by atoms with van der Waals surface area (Å²) in [7, 11) is 0. The van der Waals surface area contributed by atoms with Gasteiger partial charge in [0.2, 0.25) is 5.82 Å². The molecule has 11 heteroatoms. The summed E-state index contributed by atoms with van der Waals surface area (Å²) in [5, 5.41) is 11.6. The van der Waals surface area contributed by atoms with E-state index < -0.39 is 17.6 Å². The van der Waals surface area contributed by atoms with E-state index in [9.17, 15) is 18.0 Å². The normalized spacial score (nSPS) is 12.7. The van der Waals surface area contributed by atoms with Gasteiger partial charge in [-0.1, -0.05) is 12.1 Å². The Labute approximate surface area is 183 Å². The number of nitrogens with one attached hydrogen (secondary N) is 1. The molecular weight excluding hydrogens is 447 g/mol. The molecule has 0 spiro atoms. The van der Waals surface area contributed by atoms with Gasteiger partial charge in [-0.05, 0) is 43.5 Å². The minimum atomic E-state index is -4.50.